The molecule has 24 heavy (non-hydrogen) atoms. The molecule has 1 fully saturated rings. The number of carbonyl (C=O) groups is 1. The quantitative estimate of drug-likeness (QED) is 0.840. The number of hydrogen-bond donors (Lipinski definition) is 0. The van der Waals surface area contributed by atoms with Crippen molar-refractivity contribution in [1.29, 1.82) is 0 Å². The first-order chi connectivity index (χ1) is 11.6. The number of fused-ring (bicyclic) bond motifs is 1. The van der Waals surface area contributed by atoms with E-state index in [0.717, 1.165) is 43.6 Å². The molecule has 6 heteroatoms. The molecule has 128 valence electrons. The topological polar surface area (TPSA) is 59.2 Å². The van der Waals surface area contributed by atoms with Crippen molar-refractivity contribution in [1.82, 2.24) is 15.0 Å². The third-order valence-electron chi connectivity index (χ3n) is 5.06. The van der Waals surface area contributed by atoms with E-state index in [-0.39, 0.29) is 17.9 Å². The molecule has 0 bridgehead atoms. The summed E-state index contributed by atoms with van der Waals surface area (Å²) in [6, 6.07) is -0.0726. The minimum absolute atomic E-state index is 0.0726. The van der Waals surface area contributed by atoms with Crippen LogP contribution in [0.5, 0.6) is 0 Å². The summed E-state index contributed by atoms with van der Waals surface area (Å²) in [4.78, 5) is 21.0. The highest BCUT2D eigenvalue weighted by molar-refractivity contribution is 7.10. The summed E-state index contributed by atoms with van der Waals surface area (Å²) in [6.45, 7) is 4.86. The predicted molar refractivity (Wildman–Crippen MR) is 92.4 cm³/mol. The van der Waals surface area contributed by atoms with Gasteiger partial charge in [0.1, 0.15) is 6.04 Å². The molecule has 5 nitrogen and oxygen atoms in total. The van der Waals surface area contributed by atoms with E-state index in [4.69, 9.17) is 4.52 Å². The number of amides is 1. The lowest BCUT2D eigenvalue weighted by molar-refractivity contribution is 0.0709. The number of carbonyl (C=O) groups excluding carboxylic acids is 1. The Morgan fingerprint density at radius 3 is 2.96 bits per heavy atom. The molecule has 1 saturated heterocycles. The zero-order chi connectivity index (χ0) is 16.7. The van der Waals surface area contributed by atoms with Crippen LogP contribution in [0.25, 0.3) is 0 Å². The van der Waals surface area contributed by atoms with Crippen LogP contribution in [0.1, 0.15) is 84.0 Å². The monoisotopic (exact) mass is 345 g/mol. The highest BCUT2D eigenvalue weighted by Gasteiger charge is 2.36. The maximum absolute atomic E-state index is 13.1. The summed E-state index contributed by atoms with van der Waals surface area (Å²) in [5.74, 6) is 1.68. The van der Waals surface area contributed by atoms with Crippen LogP contribution in [0.4, 0.5) is 0 Å². The second-order valence-electron chi connectivity index (χ2n) is 7.06. The summed E-state index contributed by atoms with van der Waals surface area (Å²) in [6.07, 6.45) is 6.48. The number of likely N-dealkylation sites (tertiary alicyclic amines) is 1. The van der Waals surface area contributed by atoms with Crippen molar-refractivity contribution >= 4 is 17.2 Å². The summed E-state index contributed by atoms with van der Waals surface area (Å²) < 4.78 is 5.47. The first-order valence-corrected chi connectivity index (χ1v) is 9.77. The van der Waals surface area contributed by atoms with Gasteiger partial charge < -0.3 is 9.42 Å². The zero-order valence-corrected chi connectivity index (χ0v) is 15.1. The van der Waals surface area contributed by atoms with Crippen LogP contribution in [-0.4, -0.2) is 27.5 Å². The summed E-state index contributed by atoms with van der Waals surface area (Å²) in [7, 11) is 0. The van der Waals surface area contributed by atoms with Crippen LogP contribution in [0.15, 0.2) is 9.90 Å². The van der Waals surface area contributed by atoms with E-state index in [1.807, 2.05) is 18.7 Å². The van der Waals surface area contributed by atoms with Gasteiger partial charge in [-0.1, -0.05) is 19.0 Å². The lowest BCUT2D eigenvalue weighted by atomic mass is 9.95. The third kappa shape index (κ3) is 2.66. The Labute approximate surface area is 146 Å². The van der Waals surface area contributed by atoms with Gasteiger partial charge >= 0.3 is 0 Å². The zero-order valence-electron chi connectivity index (χ0n) is 14.2. The average Bonchev–Trinajstić information content (AvgIpc) is 3.31. The van der Waals surface area contributed by atoms with Crippen LogP contribution >= 0.6 is 11.3 Å². The van der Waals surface area contributed by atoms with Crippen LogP contribution in [0.2, 0.25) is 0 Å². The second-order valence-corrected chi connectivity index (χ2v) is 8.02. The van der Waals surface area contributed by atoms with Crippen LogP contribution in [0.3, 0.4) is 0 Å². The van der Waals surface area contributed by atoms with E-state index in [1.165, 1.54) is 23.3 Å². The molecule has 0 unspecified atom stereocenters. The molecule has 3 heterocycles. The standard InChI is InChI=1S/C18H23N3O2S/c1-11(2)16-19-17(23-20-16)14-7-5-9-21(14)18(22)13-10-24-15-8-4-3-6-12(13)15/h10-11,14H,3-9H2,1-2H3/t14-/m0/s1. The predicted octanol–water partition coefficient (Wildman–Crippen LogP) is 4.11. The Morgan fingerprint density at radius 1 is 1.33 bits per heavy atom. The number of rotatable bonds is 3. The van der Waals surface area contributed by atoms with Gasteiger partial charge in [0.25, 0.3) is 5.91 Å². The molecule has 0 aromatic carbocycles. The maximum atomic E-state index is 13.1. The molecule has 0 saturated carbocycles. The minimum atomic E-state index is -0.0726. The molecule has 1 amide bonds. The van der Waals surface area contributed by atoms with E-state index in [2.05, 4.69) is 15.5 Å². The SMILES string of the molecule is CC(C)c1noc([C@@H]2CCCN2C(=O)c2csc3c2CCCC3)n1. The van der Waals surface area contributed by atoms with Gasteiger partial charge in [-0.3, -0.25) is 4.79 Å². The molecule has 1 aliphatic heterocycles. The van der Waals surface area contributed by atoms with E-state index >= 15 is 0 Å². The van der Waals surface area contributed by atoms with Crippen molar-refractivity contribution in [3.05, 3.63) is 33.1 Å². The van der Waals surface area contributed by atoms with Gasteiger partial charge in [0.2, 0.25) is 5.89 Å². The molecule has 1 atom stereocenters. The molecular weight excluding hydrogens is 322 g/mol. The lowest BCUT2D eigenvalue weighted by Crippen LogP contribution is -2.31. The molecule has 2 aliphatic rings. The molecule has 0 spiro atoms. The molecule has 0 N–H and O–H groups in total. The highest BCUT2D eigenvalue weighted by Crippen LogP contribution is 2.36. The molecule has 2 aromatic rings. The molecular formula is C18H23N3O2S. The molecule has 0 radical (unpaired) electrons. The average molecular weight is 345 g/mol. The van der Waals surface area contributed by atoms with Gasteiger partial charge in [-0.2, -0.15) is 4.98 Å². The third-order valence-corrected chi connectivity index (χ3v) is 6.15. The lowest BCUT2D eigenvalue weighted by Gasteiger charge is -2.23. The van der Waals surface area contributed by atoms with Crippen molar-refractivity contribution in [2.75, 3.05) is 6.54 Å². The van der Waals surface area contributed by atoms with Crippen LogP contribution in [-0.2, 0) is 12.8 Å². The normalized spacial score (nSPS) is 20.6. The summed E-state index contributed by atoms with van der Waals surface area (Å²) in [5, 5.41) is 6.12. The van der Waals surface area contributed by atoms with Crippen molar-refractivity contribution in [3.63, 3.8) is 0 Å². The maximum Gasteiger partial charge on any atom is 0.255 e. The van der Waals surface area contributed by atoms with Gasteiger partial charge in [-0.15, -0.1) is 11.3 Å². The van der Waals surface area contributed by atoms with E-state index in [1.54, 1.807) is 11.3 Å². The van der Waals surface area contributed by atoms with Crippen molar-refractivity contribution in [2.24, 2.45) is 0 Å². The fourth-order valence-electron chi connectivity index (χ4n) is 3.71. The number of hydrogen-bond acceptors (Lipinski definition) is 5. The fourth-order valence-corrected chi connectivity index (χ4v) is 4.83. The van der Waals surface area contributed by atoms with Crippen LogP contribution < -0.4 is 0 Å². The Kier molecular flexibility index (Phi) is 4.16. The number of aryl methyl sites for hydroxylation is 1. The Morgan fingerprint density at radius 2 is 2.17 bits per heavy atom. The Bertz CT molecular complexity index is 749. The fraction of sp³-hybridized carbons (Fsp3) is 0.611. The molecule has 4 rings (SSSR count). The van der Waals surface area contributed by atoms with Crippen molar-refractivity contribution in [3.8, 4) is 0 Å². The second kappa shape index (κ2) is 6.31. The van der Waals surface area contributed by atoms with E-state index in [9.17, 15) is 4.79 Å². The molecule has 2 aromatic heterocycles. The number of thiophene rings is 1. The first-order valence-electron chi connectivity index (χ1n) is 8.89. The number of aromatic nitrogens is 2. The van der Waals surface area contributed by atoms with Gasteiger partial charge in [-0.25, -0.2) is 0 Å². The van der Waals surface area contributed by atoms with E-state index in [0.29, 0.717) is 5.89 Å². The number of nitrogens with zero attached hydrogens (tertiary/aromatic N) is 3. The van der Waals surface area contributed by atoms with Gasteiger partial charge in [-0.05, 0) is 44.1 Å². The van der Waals surface area contributed by atoms with Gasteiger partial charge in [0, 0.05) is 22.7 Å². The van der Waals surface area contributed by atoms with Crippen LogP contribution in [0, 0.1) is 0 Å². The highest BCUT2D eigenvalue weighted by atomic mass is 32.1. The van der Waals surface area contributed by atoms with Crippen molar-refractivity contribution in [2.45, 2.75) is 64.3 Å². The van der Waals surface area contributed by atoms with Crippen molar-refractivity contribution < 1.29 is 9.32 Å². The molecule has 1 aliphatic carbocycles. The summed E-state index contributed by atoms with van der Waals surface area (Å²) >= 11 is 1.75. The minimum Gasteiger partial charge on any atom is -0.337 e. The largest absolute Gasteiger partial charge is 0.337 e. The smallest absolute Gasteiger partial charge is 0.255 e. The first kappa shape index (κ1) is 15.8. The Hall–Kier alpha value is -1.69. The Balaban J connectivity index is 1.60. The van der Waals surface area contributed by atoms with Gasteiger partial charge in [0.15, 0.2) is 5.82 Å². The van der Waals surface area contributed by atoms with Gasteiger partial charge in [0.05, 0.1) is 5.56 Å². The summed E-state index contributed by atoms with van der Waals surface area (Å²) in [5.41, 5.74) is 2.19. The van der Waals surface area contributed by atoms with E-state index < -0.39 is 0 Å².